The lowest BCUT2D eigenvalue weighted by Crippen LogP contribution is -2.08. The summed E-state index contributed by atoms with van der Waals surface area (Å²) in [6.07, 6.45) is 0.256. The molecule has 0 unspecified atom stereocenters. The molecule has 2 nitrogen and oxygen atoms in total. The summed E-state index contributed by atoms with van der Waals surface area (Å²) in [6, 6.07) is 2.99. The summed E-state index contributed by atoms with van der Waals surface area (Å²) in [4.78, 5) is 22.8. The molecule has 1 aromatic rings. The third kappa shape index (κ3) is 2.75. The van der Waals surface area contributed by atoms with Crippen LogP contribution in [0.2, 0.25) is 0 Å². The molecule has 0 saturated heterocycles. The lowest BCUT2D eigenvalue weighted by molar-refractivity contribution is -0.117. The molecule has 0 heterocycles. The third-order valence-electron chi connectivity index (χ3n) is 2.51. The number of aryl methyl sites for hydroxylation is 2. The van der Waals surface area contributed by atoms with Gasteiger partial charge >= 0.3 is 0 Å². The molecule has 0 aliphatic rings. The molecule has 0 amide bonds. The van der Waals surface area contributed by atoms with Gasteiger partial charge in [-0.25, -0.2) is 4.39 Å². The van der Waals surface area contributed by atoms with Crippen molar-refractivity contribution in [2.75, 3.05) is 0 Å². The second-order valence-corrected chi connectivity index (χ2v) is 3.92. The predicted octanol–water partition coefficient (Wildman–Crippen LogP) is 2.99. The van der Waals surface area contributed by atoms with Gasteiger partial charge in [-0.2, -0.15) is 0 Å². The smallest absolute Gasteiger partial charge is 0.170 e. The van der Waals surface area contributed by atoms with E-state index in [4.69, 9.17) is 0 Å². The average molecular weight is 222 g/mol. The zero-order valence-corrected chi connectivity index (χ0v) is 9.76. The Balaban J connectivity index is 2.97. The summed E-state index contributed by atoms with van der Waals surface area (Å²) in [5.41, 5.74) is 1.29. The highest BCUT2D eigenvalue weighted by atomic mass is 19.1. The van der Waals surface area contributed by atoms with Crippen LogP contribution < -0.4 is 0 Å². The van der Waals surface area contributed by atoms with Crippen LogP contribution >= 0.6 is 0 Å². The number of carbonyl (C=O) groups is 2. The molecule has 0 atom stereocenters. The van der Waals surface area contributed by atoms with Crippen LogP contribution in [0.15, 0.2) is 12.1 Å². The molecule has 0 fully saturated rings. The summed E-state index contributed by atoms with van der Waals surface area (Å²) in [5, 5.41) is 0. The van der Waals surface area contributed by atoms with Gasteiger partial charge in [0.05, 0.1) is 6.42 Å². The highest BCUT2D eigenvalue weighted by Crippen LogP contribution is 2.16. The van der Waals surface area contributed by atoms with Gasteiger partial charge in [0.15, 0.2) is 5.78 Å². The van der Waals surface area contributed by atoms with Crippen molar-refractivity contribution >= 4 is 11.6 Å². The van der Waals surface area contributed by atoms with Crippen molar-refractivity contribution in [1.29, 1.82) is 0 Å². The number of carbonyl (C=O) groups excluding carboxylic acids is 2. The highest BCUT2D eigenvalue weighted by Gasteiger charge is 2.13. The number of ketones is 2. The monoisotopic (exact) mass is 222 g/mol. The quantitative estimate of drug-likeness (QED) is 0.579. The summed E-state index contributed by atoms with van der Waals surface area (Å²) in [6.45, 7) is 4.94. The number of benzene rings is 1. The Morgan fingerprint density at radius 1 is 1.19 bits per heavy atom. The van der Waals surface area contributed by atoms with Gasteiger partial charge < -0.3 is 0 Å². The zero-order chi connectivity index (χ0) is 12.3. The Hall–Kier alpha value is -1.51. The minimum Gasteiger partial charge on any atom is -0.299 e. The molecule has 0 bridgehead atoms. The van der Waals surface area contributed by atoms with Gasteiger partial charge in [-0.15, -0.1) is 0 Å². The minimum atomic E-state index is -0.293. The van der Waals surface area contributed by atoms with Crippen molar-refractivity contribution < 1.29 is 14.0 Å². The van der Waals surface area contributed by atoms with E-state index >= 15 is 0 Å². The van der Waals surface area contributed by atoms with Gasteiger partial charge in [-0.05, 0) is 37.1 Å². The van der Waals surface area contributed by atoms with E-state index in [0.717, 1.165) is 0 Å². The fraction of sp³-hybridized carbons (Fsp3) is 0.385. The summed E-state index contributed by atoms with van der Waals surface area (Å²) in [5.74, 6) is -0.624. The molecule has 16 heavy (non-hydrogen) atoms. The second-order valence-electron chi connectivity index (χ2n) is 3.92. The molecule has 0 aliphatic carbocycles. The molecule has 0 radical (unpaired) electrons. The minimum absolute atomic E-state index is 0.0929. The predicted molar refractivity (Wildman–Crippen MR) is 60.1 cm³/mol. The maximum Gasteiger partial charge on any atom is 0.170 e. The van der Waals surface area contributed by atoms with E-state index in [-0.39, 0.29) is 23.8 Å². The normalized spacial score (nSPS) is 10.2. The van der Waals surface area contributed by atoms with Crippen LogP contribution in [0.1, 0.15) is 41.3 Å². The molecule has 3 heteroatoms. The third-order valence-corrected chi connectivity index (χ3v) is 2.51. The molecule has 0 N–H and O–H groups in total. The van der Waals surface area contributed by atoms with Crippen LogP contribution in [0.4, 0.5) is 4.39 Å². The average Bonchev–Trinajstić information content (AvgIpc) is 2.24. The van der Waals surface area contributed by atoms with Crippen LogP contribution in [-0.2, 0) is 4.79 Å². The van der Waals surface area contributed by atoms with Crippen molar-refractivity contribution in [1.82, 2.24) is 0 Å². The first-order chi connectivity index (χ1) is 7.45. The molecular weight excluding hydrogens is 207 g/mol. The molecular formula is C13H15FO2. The van der Waals surface area contributed by atoms with Crippen LogP contribution in [0, 0.1) is 19.7 Å². The van der Waals surface area contributed by atoms with E-state index in [1.807, 2.05) is 0 Å². The van der Waals surface area contributed by atoms with Crippen LogP contribution in [-0.4, -0.2) is 11.6 Å². The van der Waals surface area contributed by atoms with E-state index in [9.17, 15) is 14.0 Å². The Morgan fingerprint density at radius 3 is 2.12 bits per heavy atom. The first kappa shape index (κ1) is 12.6. The van der Waals surface area contributed by atoms with E-state index < -0.39 is 0 Å². The molecule has 1 aromatic carbocycles. The molecule has 1 rings (SSSR count). The SMILES string of the molecule is CCC(=O)CC(=O)c1cc(C)c(F)c(C)c1. The summed E-state index contributed by atoms with van der Waals surface area (Å²) in [7, 11) is 0. The van der Waals surface area contributed by atoms with Crippen LogP contribution in [0.3, 0.4) is 0 Å². The topological polar surface area (TPSA) is 34.1 Å². The fourth-order valence-electron chi connectivity index (χ4n) is 1.51. The van der Waals surface area contributed by atoms with Crippen LogP contribution in [0.5, 0.6) is 0 Å². The van der Waals surface area contributed by atoms with E-state index in [1.165, 1.54) is 12.1 Å². The lowest BCUT2D eigenvalue weighted by atomic mass is 10.00. The highest BCUT2D eigenvalue weighted by molar-refractivity contribution is 6.08. The zero-order valence-electron chi connectivity index (χ0n) is 9.76. The second kappa shape index (κ2) is 5.01. The van der Waals surface area contributed by atoms with Crippen molar-refractivity contribution in [3.63, 3.8) is 0 Å². The Kier molecular flexibility index (Phi) is 3.93. The van der Waals surface area contributed by atoms with Crippen LogP contribution in [0.25, 0.3) is 0 Å². The first-order valence-corrected chi connectivity index (χ1v) is 5.27. The maximum atomic E-state index is 13.3. The van der Waals surface area contributed by atoms with Crippen molar-refractivity contribution in [3.8, 4) is 0 Å². The number of hydrogen-bond acceptors (Lipinski definition) is 2. The number of hydrogen-bond donors (Lipinski definition) is 0. The molecule has 0 aromatic heterocycles. The first-order valence-electron chi connectivity index (χ1n) is 5.27. The Labute approximate surface area is 94.5 Å². The van der Waals surface area contributed by atoms with E-state index in [0.29, 0.717) is 23.1 Å². The number of halogens is 1. The summed E-state index contributed by atoms with van der Waals surface area (Å²) < 4.78 is 13.3. The lowest BCUT2D eigenvalue weighted by Gasteiger charge is -2.05. The molecule has 86 valence electrons. The van der Waals surface area contributed by atoms with Crippen molar-refractivity contribution in [2.24, 2.45) is 0 Å². The Bertz CT molecular complexity index is 413. The van der Waals surface area contributed by atoms with Crippen molar-refractivity contribution in [2.45, 2.75) is 33.6 Å². The van der Waals surface area contributed by atoms with Gasteiger partial charge in [-0.1, -0.05) is 6.92 Å². The van der Waals surface area contributed by atoms with E-state index in [2.05, 4.69) is 0 Å². The van der Waals surface area contributed by atoms with Crippen molar-refractivity contribution in [3.05, 3.63) is 34.6 Å². The molecule has 0 spiro atoms. The van der Waals surface area contributed by atoms with Gasteiger partial charge in [-0.3, -0.25) is 9.59 Å². The van der Waals surface area contributed by atoms with Gasteiger partial charge in [0, 0.05) is 12.0 Å². The maximum absolute atomic E-state index is 13.3. The fourth-order valence-corrected chi connectivity index (χ4v) is 1.51. The number of Topliss-reactive ketones (excluding diaryl/α,β-unsaturated/α-hetero) is 2. The van der Waals surface area contributed by atoms with Gasteiger partial charge in [0.1, 0.15) is 11.6 Å². The molecule has 0 aliphatic heterocycles. The van der Waals surface area contributed by atoms with Gasteiger partial charge in [0.2, 0.25) is 0 Å². The summed E-state index contributed by atoms with van der Waals surface area (Å²) >= 11 is 0. The van der Waals surface area contributed by atoms with E-state index in [1.54, 1.807) is 20.8 Å². The molecule has 0 saturated carbocycles. The number of rotatable bonds is 4. The largest absolute Gasteiger partial charge is 0.299 e. The van der Waals surface area contributed by atoms with Gasteiger partial charge in [0.25, 0.3) is 0 Å². The standard InChI is InChI=1S/C13H15FO2/c1-4-11(15)7-12(16)10-5-8(2)13(14)9(3)6-10/h5-6H,4,7H2,1-3H3. The Morgan fingerprint density at radius 2 is 1.69 bits per heavy atom.